The predicted molar refractivity (Wildman–Crippen MR) is 137 cm³/mol. The zero-order valence-corrected chi connectivity index (χ0v) is 21.0. The maximum Gasteiger partial charge on any atom is 0.338 e. The zero-order valence-electron chi connectivity index (χ0n) is 20.2. The molecule has 36 heavy (non-hydrogen) atoms. The van der Waals surface area contributed by atoms with E-state index in [1.54, 1.807) is 51.3 Å². The number of nitrogens with one attached hydrogen (secondary N) is 2. The molecule has 2 heterocycles. The van der Waals surface area contributed by atoms with E-state index in [1.165, 1.54) is 13.2 Å². The number of nitrogens with zero attached hydrogens (tertiary/aromatic N) is 1. The highest BCUT2D eigenvalue weighted by Crippen LogP contribution is 2.23. The summed E-state index contributed by atoms with van der Waals surface area (Å²) in [7, 11) is 2.89. The van der Waals surface area contributed by atoms with Gasteiger partial charge in [0.25, 0.3) is 11.5 Å². The molecule has 0 aliphatic heterocycles. The Kier molecular flexibility index (Phi) is 7.07. The van der Waals surface area contributed by atoms with Crippen LogP contribution in [0.4, 0.5) is 0 Å². The van der Waals surface area contributed by atoms with Gasteiger partial charge >= 0.3 is 11.7 Å². The number of methoxy groups -OCH3 is 2. The number of hydrogen-bond acceptors (Lipinski definition) is 7. The summed E-state index contributed by atoms with van der Waals surface area (Å²) in [5, 5.41) is 3.08. The van der Waals surface area contributed by atoms with Gasteiger partial charge in [-0.15, -0.1) is 11.3 Å². The van der Waals surface area contributed by atoms with E-state index in [-0.39, 0.29) is 11.3 Å². The first kappa shape index (κ1) is 24.9. The number of amides is 1. The van der Waals surface area contributed by atoms with Crippen molar-refractivity contribution in [1.29, 1.82) is 0 Å². The van der Waals surface area contributed by atoms with E-state index in [0.29, 0.717) is 32.9 Å². The average molecular weight is 508 g/mol. The number of fused-ring (bicyclic) bond motifs is 1. The van der Waals surface area contributed by atoms with Crippen LogP contribution in [0.15, 0.2) is 58.1 Å². The van der Waals surface area contributed by atoms with Crippen LogP contribution in [0.2, 0.25) is 0 Å². The third-order valence-electron chi connectivity index (χ3n) is 5.98. The van der Waals surface area contributed by atoms with Crippen LogP contribution >= 0.6 is 11.3 Å². The minimum atomic E-state index is -0.608. The highest BCUT2D eigenvalue weighted by Gasteiger charge is 2.20. The SMILES string of the molecule is COC(=O)c1ccc(C(C)n2c(=O)[nH]c3sc(C(=O)NCc4ccc(OC)cc4)cc3c2=O)cc1C. The minimum absolute atomic E-state index is 0.254. The van der Waals surface area contributed by atoms with Crippen LogP contribution in [0.1, 0.15) is 49.7 Å². The second-order valence-corrected chi connectivity index (χ2v) is 9.28. The molecule has 186 valence electrons. The van der Waals surface area contributed by atoms with Crippen molar-refractivity contribution < 1.29 is 19.1 Å². The Hall–Kier alpha value is -4.18. The maximum absolute atomic E-state index is 13.3. The molecule has 0 saturated carbocycles. The second-order valence-electron chi connectivity index (χ2n) is 8.23. The lowest BCUT2D eigenvalue weighted by molar-refractivity contribution is 0.0599. The first-order valence-electron chi connectivity index (χ1n) is 11.1. The Morgan fingerprint density at radius 3 is 2.44 bits per heavy atom. The Balaban J connectivity index is 1.61. The van der Waals surface area contributed by atoms with Gasteiger partial charge in [0.05, 0.1) is 36.1 Å². The normalized spacial score (nSPS) is 11.8. The van der Waals surface area contributed by atoms with Gasteiger partial charge in [-0.05, 0) is 54.8 Å². The van der Waals surface area contributed by atoms with Gasteiger partial charge in [0.1, 0.15) is 10.6 Å². The highest BCUT2D eigenvalue weighted by atomic mass is 32.1. The first-order valence-corrected chi connectivity index (χ1v) is 11.9. The van der Waals surface area contributed by atoms with E-state index in [1.807, 2.05) is 12.1 Å². The summed E-state index contributed by atoms with van der Waals surface area (Å²) in [5.74, 6) is -0.0845. The summed E-state index contributed by atoms with van der Waals surface area (Å²) in [6, 6.07) is 13.2. The Labute approximate surface area is 210 Å². The van der Waals surface area contributed by atoms with E-state index in [9.17, 15) is 19.2 Å². The first-order chi connectivity index (χ1) is 17.2. The van der Waals surface area contributed by atoms with E-state index in [2.05, 4.69) is 10.3 Å². The van der Waals surface area contributed by atoms with Gasteiger partial charge in [0, 0.05) is 6.54 Å². The van der Waals surface area contributed by atoms with Crippen LogP contribution in [0, 0.1) is 6.92 Å². The van der Waals surface area contributed by atoms with Crippen LogP contribution in [0.3, 0.4) is 0 Å². The molecule has 2 N–H and O–H groups in total. The van der Waals surface area contributed by atoms with Crippen molar-refractivity contribution in [3.63, 3.8) is 0 Å². The summed E-state index contributed by atoms with van der Waals surface area (Å²) in [4.78, 5) is 54.1. The van der Waals surface area contributed by atoms with Crippen molar-refractivity contribution in [2.75, 3.05) is 14.2 Å². The monoisotopic (exact) mass is 507 g/mol. The van der Waals surface area contributed by atoms with Crippen LogP contribution in [0.25, 0.3) is 10.2 Å². The van der Waals surface area contributed by atoms with Crippen LogP contribution < -0.4 is 21.3 Å². The van der Waals surface area contributed by atoms with Crippen molar-refractivity contribution >= 4 is 33.4 Å². The molecular formula is C26H25N3O6S. The summed E-state index contributed by atoms with van der Waals surface area (Å²) in [6.07, 6.45) is 0. The van der Waals surface area contributed by atoms with E-state index >= 15 is 0 Å². The standard InChI is InChI=1S/C26H25N3O6S/c1-14-11-17(7-10-19(14)25(32)35-4)15(2)29-24(31)20-12-21(36-23(20)28-26(29)33)22(30)27-13-16-5-8-18(34-3)9-6-16/h5-12,15H,13H2,1-4H3,(H,27,30)(H,28,33). The third-order valence-corrected chi connectivity index (χ3v) is 7.03. The topological polar surface area (TPSA) is 119 Å². The van der Waals surface area contributed by atoms with Crippen molar-refractivity contribution in [3.05, 3.63) is 96.5 Å². The quantitative estimate of drug-likeness (QED) is 0.370. The molecule has 4 rings (SSSR count). The highest BCUT2D eigenvalue weighted by molar-refractivity contribution is 7.20. The molecule has 2 aromatic heterocycles. The molecule has 1 unspecified atom stereocenters. The van der Waals surface area contributed by atoms with Crippen molar-refractivity contribution in [1.82, 2.24) is 14.9 Å². The lowest BCUT2D eigenvalue weighted by Gasteiger charge is -2.16. The Bertz CT molecular complexity index is 1570. The summed E-state index contributed by atoms with van der Waals surface area (Å²) in [6.45, 7) is 3.79. The molecule has 10 heteroatoms. The van der Waals surface area contributed by atoms with Crippen molar-refractivity contribution in [2.24, 2.45) is 0 Å². The number of carbonyl (C=O) groups is 2. The van der Waals surface area contributed by atoms with Gasteiger partial charge in [-0.1, -0.05) is 24.3 Å². The van der Waals surface area contributed by atoms with E-state index < -0.39 is 23.3 Å². The Morgan fingerprint density at radius 1 is 1.08 bits per heavy atom. The van der Waals surface area contributed by atoms with Crippen LogP contribution in [-0.4, -0.2) is 35.6 Å². The minimum Gasteiger partial charge on any atom is -0.497 e. The molecule has 0 bridgehead atoms. The van der Waals surface area contributed by atoms with Gasteiger partial charge in [-0.3, -0.25) is 19.1 Å². The molecule has 0 radical (unpaired) electrons. The van der Waals surface area contributed by atoms with Gasteiger partial charge < -0.3 is 14.8 Å². The number of thiophene rings is 1. The summed E-state index contributed by atoms with van der Waals surface area (Å²) in [5.41, 5.74) is 1.57. The second kappa shape index (κ2) is 10.2. The van der Waals surface area contributed by atoms with E-state index in [0.717, 1.165) is 27.2 Å². The number of esters is 1. The molecule has 9 nitrogen and oxygen atoms in total. The lowest BCUT2D eigenvalue weighted by atomic mass is 10.0. The smallest absolute Gasteiger partial charge is 0.338 e. The molecule has 1 amide bonds. The molecule has 2 aromatic carbocycles. The van der Waals surface area contributed by atoms with E-state index in [4.69, 9.17) is 9.47 Å². The number of carbonyl (C=O) groups excluding carboxylic acids is 2. The molecule has 4 aromatic rings. The molecule has 0 aliphatic rings. The Morgan fingerprint density at radius 2 is 1.81 bits per heavy atom. The fraction of sp³-hybridized carbons (Fsp3) is 0.231. The van der Waals surface area contributed by atoms with Crippen LogP contribution in [0.5, 0.6) is 5.75 Å². The molecular weight excluding hydrogens is 482 g/mol. The molecule has 0 saturated heterocycles. The maximum atomic E-state index is 13.3. The molecule has 1 atom stereocenters. The number of aromatic nitrogens is 2. The van der Waals surface area contributed by atoms with Crippen molar-refractivity contribution in [3.8, 4) is 5.75 Å². The molecule has 0 fully saturated rings. The number of rotatable bonds is 7. The van der Waals surface area contributed by atoms with Gasteiger partial charge in [-0.2, -0.15) is 0 Å². The summed E-state index contributed by atoms with van der Waals surface area (Å²) < 4.78 is 11.0. The average Bonchev–Trinajstić information content (AvgIpc) is 3.31. The zero-order chi connectivity index (χ0) is 26.0. The van der Waals surface area contributed by atoms with Gasteiger partial charge in [0.2, 0.25) is 0 Å². The van der Waals surface area contributed by atoms with Gasteiger partial charge in [-0.25, -0.2) is 9.59 Å². The number of ether oxygens (including phenoxy) is 2. The van der Waals surface area contributed by atoms with Crippen LogP contribution in [-0.2, 0) is 11.3 Å². The predicted octanol–water partition coefficient (Wildman–Crippen LogP) is 3.39. The number of aromatic amines is 1. The fourth-order valence-corrected chi connectivity index (χ4v) is 4.89. The largest absolute Gasteiger partial charge is 0.497 e. The van der Waals surface area contributed by atoms with Crippen molar-refractivity contribution in [2.45, 2.75) is 26.4 Å². The summed E-state index contributed by atoms with van der Waals surface area (Å²) >= 11 is 1.05. The lowest BCUT2D eigenvalue weighted by Crippen LogP contribution is -2.37. The van der Waals surface area contributed by atoms with Gasteiger partial charge in [0.15, 0.2) is 0 Å². The third kappa shape index (κ3) is 4.80. The molecule has 0 aliphatic carbocycles. The fourth-order valence-electron chi connectivity index (χ4n) is 3.93. The number of aryl methyl sites for hydroxylation is 1. The number of benzene rings is 2. The number of hydrogen-bond donors (Lipinski definition) is 2. The molecule has 0 spiro atoms. The number of H-pyrrole nitrogens is 1.